The summed E-state index contributed by atoms with van der Waals surface area (Å²) in [6.45, 7) is 5.24. The zero-order valence-electron chi connectivity index (χ0n) is 15.8. The van der Waals surface area contributed by atoms with Crippen molar-refractivity contribution in [3.05, 3.63) is 69.8 Å². The maximum absolute atomic E-state index is 12.4. The first kappa shape index (κ1) is 19.9. The van der Waals surface area contributed by atoms with E-state index in [4.69, 9.17) is 9.47 Å². The molecule has 0 saturated heterocycles. The Morgan fingerprint density at radius 1 is 1.07 bits per heavy atom. The van der Waals surface area contributed by atoms with Crippen LogP contribution in [0.1, 0.15) is 32.6 Å². The number of hydrogen-bond acceptors (Lipinski definition) is 5. The van der Waals surface area contributed by atoms with E-state index in [-0.39, 0.29) is 11.4 Å². The van der Waals surface area contributed by atoms with Gasteiger partial charge < -0.3 is 9.47 Å². The number of nitrogens with zero attached hydrogens (tertiary/aromatic N) is 1. The van der Waals surface area contributed by atoms with Gasteiger partial charge in [-0.15, -0.1) is 0 Å². The third kappa shape index (κ3) is 5.05. The number of rotatable bonds is 6. The number of Topliss-reactive ketones (excluding diaryl/α,β-unsaturated/α-hetero) is 1. The standard InChI is InChI=1S/C22H21NO4/c1-14-9-15(2)21(16(3)10-14)20(24)13-27-22(25)18(12-23)11-17-5-7-19(26-4)8-6-17/h5-11H,13H2,1-4H3/b18-11+. The molecule has 0 saturated carbocycles. The summed E-state index contributed by atoms with van der Waals surface area (Å²) in [6, 6.07) is 12.5. The van der Waals surface area contributed by atoms with Gasteiger partial charge in [0.05, 0.1) is 7.11 Å². The van der Waals surface area contributed by atoms with Crippen LogP contribution in [0, 0.1) is 32.1 Å². The van der Waals surface area contributed by atoms with Gasteiger partial charge in [-0.3, -0.25) is 4.79 Å². The van der Waals surface area contributed by atoms with Crippen molar-refractivity contribution in [2.45, 2.75) is 20.8 Å². The zero-order valence-corrected chi connectivity index (χ0v) is 15.8. The SMILES string of the molecule is COc1ccc(/C=C(\C#N)C(=O)OCC(=O)c2c(C)cc(C)cc2C)cc1. The van der Waals surface area contributed by atoms with E-state index in [0.717, 1.165) is 16.7 Å². The number of hydrogen-bond donors (Lipinski definition) is 0. The highest BCUT2D eigenvalue weighted by Gasteiger charge is 2.17. The number of benzene rings is 2. The number of aryl methyl sites for hydroxylation is 3. The minimum Gasteiger partial charge on any atom is -0.497 e. The van der Waals surface area contributed by atoms with Crippen LogP contribution in [0.2, 0.25) is 0 Å². The molecule has 0 atom stereocenters. The third-order valence-electron chi connectivity index (χ3n) is 4.06. The van der Waals surface area contributed by atoms with Crippen LogP contribution in [0.25, 0.3) is 6.08 Å². The highest BCUT2D eigenvalue weighted by atomic mass is 16.5. The molecule has 0 radical (unpaired) electrons. The molecule has 2 rings (SSSR count). The molecule has 2 aromatic carbocycles. The van der Waals surface area contributed by atoms with Crippen LogP contribution < -0.4 is 4.74 Å². The first-order valence-electron chi connectivity index (χ1n) is 8.39. The Hall–Kier alpha value is -3.39. The van der Waals surface area contributed by atoms with E-state index in [1.54, 1.807) is 31.4 Å². The highest BCUT2D eigenvalue weighted by molar-refractivity contribution is 6.03. The maximum Gasteiger partial charge on any atom is 0.349 e. The number of nitriles is 1. The molecule has 5 nitrogen and oxygen atoms in total. The molecule has 5 heteroatoms. The first-order valence-corrected chi connectivity index (χ1v) is 8.39. The van der Waals surface area contributed by atoms with Crippen molar-refractivity contribution in [3.8, 4) is 11.8 Å². The first-order chi connectivity index (χ1) is 12.8. The molecule has 27 heavy (non-hydrogen) atoms. The molecule has 0 bridgehead atoms. The molecule has 0 heterocycles. The summed E-state index contributed by atoms with van der Waals surface area (Å²) in [5.74, 6) is -0.452. The summed E-state index contributed by atoms with van der Waals surface area (Å²) in [7, 11) is 1.55. The Bertz CT molecular complexity index is 911. The Kier molecular flexibility index (Phi) is 6.51. The van der Waals surface area contributed by atoms with Crippen molar-refractivity contribution < 1.29 is 19.1 Å². The minimum absolute atomic E-state index is 0.176. The number of esters is 1. The normalized spacial score (nSPS) is 10.9. The topological polar surface area (TPSA) is 76.4 Å². The number of ketones is 1. The molecule has 0 fully saturated rings. The van der Waals surface area contributed by atoms with E-state index < -0.39 is 12.6 Å². The molecule has 2 aromatic rings. The summed E-state index contributed by atoms with van der Waals surface area (Å²) in [6.07, 6.45) is 1.41. The fraction of sp³-hybridized carbons (Fsp3) is 0.227. The Morgan fingerprint density at radius 3 is 2.19 bits per heavy atom. The maximum atomic E-state index is 12.4. The van der Waals surface area contributed by atoms with Crippen molar-refractivity contribution in [2.24, 2.45) is 0 Å². The van der Waals surface area contributed by atoms with Gasteiger partial charge in [-0.25, -0.2) is 4.79 Å². The van der Waals surface area contributed by atoms with Crippen LogP contribution in [0.15, 0.2) is 42.0 Å². The molecular formula is C22H21NO4. The van der Waals surface area contributed by atoms with Gasteiger partial charge in [-0.1, -0.05) is 29.8 Å². The summed E-state index contributed by atoms with van der Waals surface area (Å²) in [5, 5.41) is 9.23. The lowest BCUT2D eigenvalue weighted by molar-refractivity contribution is -0.137. The fourth-order valence-electron chi connectivity index (χ4n) is 2.90. The lowest BCUT2D eigenvalue weighted by Gasteiger charge is -2.10. The lowest BCUT2D eigenvalue weighted by Crippen LogP contribution is -2.17. The van der Waals surface area contributed by atoms with E-state index in [2.05, 4.69) is 0 Å². The van der Waals surface area contributed by atoms with Crippen molar-refractivity contribution in [1.29, 1.82) is 5.26 Å². The van der Waals surface area contributed by atoms with Gasteiger partial charge in [0.2, 0.25) is 5.78 Å². The predicted octanol–water partition coefficient (Wildman–Crippen LogP) is 3.95. The molecule has 0 spiro atoms. The highest BCUT2D eigenvalue weighted by Crippen LogP contribution is 2.18. The smallest absolute Gasteiger partial charge is 0.349 e. The van der Waals surface area contributed by atoms with Crippen LogP contribution in [0.4, 0.5) is 0 Å². The second-order valence-electron chi connectivity index (χ2n) is 6.22. The Labute approximate surface area is 158 Å². The largest absolute Gasteiger partial charge is 0.497 e. The lowest BCUT2D eigenvalue weighted by atomic mass is 9.97. The third-order valence-corrected chi connectivity index (χ3v) is 4.06. The second kappa shape index (κ2) is 8.81. The predicted molar refractivity (Wildman–Crippen MR) is 103 cm³/mol. The number of carbonyl (C=O) groups is 2. The number of ether oxygens (including phenoxy) is 2. The van der Waals surface area contributed by atoms with Gasteiger partial charge in [0, 0.05) is 5.56 Å². The Balaban J connectivity index is 2.10. The van der Waals surface area contributed by atoms with E-state index in [0.29, 0.717) is 16.9 Å². The number of methoxy groups -OCH3 is 1. The summed E-state index contributed by atoms with van der Waals surface area (Å²) >= 11 is 0. The Morgan fingerprint density at radius 2 is 1.67 bits per heavy atom. The van der Waals surface area contributed by atoms with E-state index in [9.17, 15) is 14.9 Å². The average molecular weight is 363 g/mol. The summed E-state index contributed by atoms with van der Waals surface area (Å²) < 4.78 is 10.1. The van der Waals surface area contributed by atoms with E-state index >= 15 is 0 Å². The van der Waals surface area contributed by atoms with Crippen LogP contribution in [0.5, 0.6) is 5.75 Å². The molecule has 0 N–H and O–H groups in total. The number of carbonyl (C=O) groups excluding carboxylic acids is 2. The molecule has 0 aliphatic carbocycles. The molecule has 0 unspecified atom stereocenters. The van der Waals surface area contributed by atoms with E-state index in [1.807, 2.05) is 39.0 Å². The van der Waals surface area contributed by atoms with Crippen molar-refractivity contribution in [2.75, 3.05) is 13.7 Å². The second-order valence-corrected chi connectivity index (χ2v) is 6.22. The van der Waals surface area contributed by atoms with Crippen LogP contribution >= 0.6 is 0 Å². The van der Waals surface area contributed by atoms with Crippen molar-refractivity contribution in [3.63, 3.8) is 0 Å². The molecule has 0 amide bonds. The van der Waals surface area contributed by atoms with Crippen molar-refractivity contribution >= 4 is 17.8 Å². The van der Waals surface area contributed by atoms with Gasteiger partial charge in [0.1, 0.15) is 17.4 Å². The quantitative estimate of drug-likeness (QED) is 0.336. The average Bonchev–Trinajstić information content (AvgIpc) is 2.63. The fourth-order valence-corrected chi connectivity index (χ4v) is 2.90. The van der Waals surface area contributed by atoms with Gasteiger partial charge in [0.15, 0.2) is 6.61 Å². The van der Waals surface area contributed by atoms with Crippen LogP contribution in [-0.4, -0.2) is 25.5 Å². The molecule has 0 aliphatic rings. The van der Waals surface area contributed by atoms with Gasteiger partial charge in [-0.05, 0) is 55.7 Å². The monoisotopic (exact) mass is 363 g/mol. The van der Waals surface area contributed by atoms with Crippen LogP contribution in [0.3, 0.4) is 0 Å². The van der Waals surface area contributed by atoms with Crippen LogP contribution in [-0.2, 0) is 9.53 Å². The zero-order chi connectivity index (χ0) is 20.0. The van der Waals surface area contributed by atoms with Gasteiger partial charge >= 0.3 is 5.97 Å². The molecular weight excluding hydrogens is 342 g/mol. The van der Waals surface area contributed by atoms with Gasteiger partial charge in [0.25, 0.3) is 0 Å². The molecule has 138 valence electrons. The van der Waals surface area contributed by atoms with E-state index in [1.165, 1.54) is 6.08 Å². The van der Waals surface area contributed by atoms with Gasteiger partial charge in [-0.2, -0.15) is 5.26 Å². The summed E-state index contributed by atoms with van der Waals surface area (Å²) in [5.41, 5.74) is 3.76. The summed E-state index contributed by atoms with van der Waals surface area (Å²) in [4.78, 5) is 24.6. The van der Waals surface area contributed by atoms with Crippen molar-refractivity contribution in [1.82, 2.24) is 0 Å². The molecule has 0 aromatic heterocycles. The molecule has 0 aliphatic heterocycles. The minimum atomic E-state index is -0.830.